The maximum Gasteiger partial charge on any atom is 0.573 e. The van der Waals surface area contributed by atoms with E-state index in [-0.39, 0.29) is 11.7 Å². The number of hydrogen-bond donors (Lipinski definition) is 1. The minimum atomic E-state index is -4.78. The van der Waals surface area contributed by atoms with E-state index in [2.05, 4.69) is 10.1 Å². The fourth-order valence-corrected chi connectivity index (χ4v) is 4.15. The molecular weight excluding hydrogens is 451 g/mol. The lowest BCUT2D eigenvalue weighted by Gasteiger charge is -2.34. The van der Waals surface area contributed by atoms with Crippen molar-refractivity contribution in [2.24, 2.45) is 0 Å². The maximum absolute atomic E-state index is 14.1. The van der Waals surface area contributed by atoms with Crippen LogP contribution in [0.5, 0.6) is 5.75 Å². The molecule has 0 heterocycles. The Morgan fingerprint density at radius 3 is 1.74 bits per heavy atom. The molecule has 4 aromatic rings. The fraction of sp³-hybridized carbons (Fsp3) is 0.138. The van der Waals surface area contributed by atoms with E-state index < -0.39 is 11.8 Å². The lowest BCUT2D eigenvalue weighted by molar-refractivity contribution is -0.274. The van der Waals surface area contributed by atoms with Crippen LogP contribution in [0.4, 0.5) is 18.9 Å². The van der Waals surface area contributed by atoms with Gasteiger partial charge in [0.2, 0.25) is 5.91 Å². The smallest absolute Gasteiger partial charge is 0.406 e. The highest BCUT2D eigenvalue weighted by molar-refractivity contribution is 6.02. The second-order valence-corrected chi connectivity index (χ2v) is 8.33. The third-order valence-electron chi connectivity index (χ3n) is 5.86. The normalized spacial score (nSPS) is 11.7. The summed E-state index contributed by atoms with van der Waals surface area (Å²) in [4.78, 5) is 14.1. The summed E-state index contributed by atoms with van der Waals surface area (Å²) in [5.41, 5.74) is 2.99. The quantitative estimate of drug-likeness (QED) is 0.311. The molecule has 0 spiro atoms. The van der Waals surface area contributed by atoms with Crippen molar-refractivity contribution in [1.82, 2.24) is 0 Å². The van der Waals surface area contributed by atoms with E-state index in [0.29, 0.717) is 12.1 Å². The van der Waals surface area contributed by atoms with E-state index >= 15 is 0 Å². The highest BCUT2D eigenvalue weighted by Crippen LogP contribution is 2.38. The molecule has 1 amide bonds. The van der Waals surface area contributed by atoms with Crippen LogP contribution in [0.25, 0.3) is 0 Å². The summed E-state index contributed by atoms with van der Waals surface area (Å²) in [6.45, 7) is 2.00. The Labute approximate surface area is 202 Å². The van der Waals surface area contributed by atoms with E-state index in [1.165, 1.54) is 24.3 Å². The number of alkyl halides is 3. The van der Waals surface area contributed by atoms with E-state index in [1.807, 2.05) is 91.9 Å². The van der Waals surface area contributed by atoms with Crippen LogP contribution in [0.15, 0.2) is 109 Å². The van der Waals surface area contributed by atoms with Crippen LogP contribution in [-0.4, -0.2) is 12.3 Å². The molecule has 0 saturated carbocycles. The molecule has 0 saturated heterocycles. The number of carbonyl (C=O) groups is 1. The number of amides is 1. The molecule has 0 aliphatic heterocycles. The number of hydrogen-bond acceptors (Lipinski definition) is 2. The van der Waals surface area contributed by atoms with Crippen LogP contribution in [0.2, 0.25) is 0 Å². The number of ether oxygens (including phenoxy) is 1. The van der Waals surface area contributed by atoms with Gasteiger partial charge in [0, 0.05) is 5.69 Å². The average Bonchev–Trinajstić information content (AvgIpc) is 2.85. The van der Waals surface area contributed by atoms with Gasteiger partial charge >= 0.3 is 6.36 Å². The Morgan fingerprint density at radius 2 is 1.26 bits per heavy atom. The zero-order valence-corrected chi connectivity index (χ0v) is 19.0. The first-order valence-electron chi connectivity index (χ1n) is 11.1. The molecule has 0 atom stereocenters. The number of anilines is 1. The summed E-state index contributed by atoms with van der Waals surface area (Å²) in [5.74, 6) is -0.646. The van der Waals surface area contributed by atoms with Gasteiger partial charge in [-0.05, 0) is 54.3 Å². The average molecular weight is 476 g/mol. The van der Waals surface area contributed by atoms with Crippen molar-refractivity contribution < 1.29 is 22.7 Å². The molecule has 0 aliphatic carbocycles. The van der Waals surface area contributed by atoms with Crippen molar-refractivity contribution in [3.63, 3.8) is 0 Å². The Balaban J connectivity index is 1.77. The van der Waals surface area contributed by atoms with Crippen molar-refractivity contribution >= 4 is 11.6 Å². The Bertz CT molecular complexity index is 1210. The van der Waals surface area contributed by atoms with Gasteiger partial charge < -0.3 is 10.1 Å². The zero-order valence-electron chi connectivity index (χ0n) is 19.0. The highest BCUT2D eigenvalue weighted by atomic mass is 19.4. The summed E-state index contributed by atoms with van der Waals surface area (Å²) >= 11 is 0. The SMILES string of the molecule is Cc1ccc(CC(C(=O)Nc2ccc(OC(F)(F)F)cc2)(c2ccccc2)c2ccccc2)cc1. The van der Waals surface area contributed by atoms with Gasteiger partial charge in [-0.2, -0.15) is 0 Å². The molecule has 3 nitrogen and oxygen atoms in total. The van der Waals surface area contributed by atoms with E-state index in [9.17, 15) is 18.0 Å². The van der Waals surface area contributed by atoms with Crippen LogP contribution in [0.3, 0.4) is 0 Å². The predicted octanol–water partition coefficient (Wildman–Crippen LogP) is 7.06. The van der Waals surface area contributed by atoms with Crippen LogP contribution in [0, 0.1) is 6.92 Å². The third-order valence-corrected chi connectivity index (χ3v) is 5.86. The van der Waals surface area contributed by atoms with Gasteiger partial charge in [0.25, 0.3) is 0 Å². The molecule has 1 N–H and O–H groups in total. The maximum atomic E-state index is 14.1. The van der Waals surface area contributed by atoms with Crippen LogP contribution in [0.1, 0.15) is 22.3 Å². The summed E-state index contributed by atoms with van der Waals surface area (Å²) in [7, 11) is 0. The number of aryl methyl sites for hydroxylation is 1. The largest absolute Gasteiger partial charge is 0.573 e. The zero-order chi connectivity index (χ0) is 24.9. The molecule has 0 aliphatic rings. The van der Waals surface area contributed by atoms with Gasteiger partial charge in [0.1, 0.15) is 11.2 Å². The van der Waals surface area contributed by atoms with Crippen LogP contribution in [-0.2, 0) is 16.6 Å². The van der Waals surface area contributed by atoms with Crippen molar-refractivity contribution in [2.75, 3.05) is 5.32 Å². The molecule has 35 heavy (non-hydrogen) atoms. The van der Waals surface area contributed by atoms with Crippen LogP contribution < -0.4 is 10.1 Å². The first kappa shape index (κ1) is 24.1. The van der Waals surface area contributed by atoms with E-state index in [0.717, 1.165) is 22.3 Å². The number of rotatable bonds is 7. The number of benzene rings is 4. The Kier molecular flexibility index (Phi) is 6.92. The second-order valence-electron chi connectivity index (χ2n) is 8.33. The molecule has 4 rings (SSSR count). The summed E-state index contributed by atoms with van der Waals surface area (Å²) in [5, 5.41) is 2.93. The number of carbonyl (C=O) groups excluding carboxylic acids is 1. The van der Waals surface area contributed by atoms with Crippen LogP contribution >= 0.6 is 0 Å². The fourth-order valence-electron chi connectivity index (χ4n) is 4.15. The van der Waals surface area contributed by atoms with Crippen molar-refractivity contribution in [3.05, 3.63) is 131 Å². The third kappa shape index (κ3) is 5.72. The molecule has 0 unspecified atom stereocenters. The number of nitrogens with one attached hydrogen (secondary N) is 1. The Hall–Kier alpha value is -4.06. The monoisotopic (exact) mass is 475 g/mol. The molecule has 4 aromatic carbocycles. The summed E-state index contributed by atoms with van der Waals surface area (Å²) in [6.07, 6.45) is -4.39. The minimum Gasteiger partial charge on any atom is -0.406 e. The number of halogens is 3. The van der Waals surface area contributed by atoms with E-state index in [4.69, 9.17) is 0 Å². The second kappa shape index (κ2) is 10.1. The van der Waals surface area contributed by atoms with Gasteiger partial charge in [-0.25, -0.2) is 0 Å². The predicted molar refractivity (Wildman–Crippen MR) is 130 cm³/mol. The lowest BCUT2D eigenvalue weighted by Crippen LogP contribution is -2.43. The lowest BCUT2D eigenvalue weighted by atomic mass is 9.69. The van der Waals surface area contributed by atoms with Gasteiger partial charge in [0.05, 0.1) is 0 Å². The molecule has 0 radical (unpaired) electrons. The molecular formula is C29H24F3NO2. The van der Waals surface area contributed by atoms with Crippen molar-refractivity contribution in [2.45, 2.75) is 25.1 Å². The molecule has 6 heteroatoms. The molecule has 178 valence electrons. The molecule has 0 aromatic heterocycles. The summed E-state index contributed by atoms with van der Waals surface area (Å²) < 4.78 is 41.5. The van der Waals surface area contributed by atoms with Gasteiger partial charge in [-0.15, -0.1) is 13.2 Å². The minimum absolute atomic E-state index is 0.292. The van der Waals surface area contributed by atoms with Gasteiger partial charge in [-0.1, -0.05) is 90.5 Å². The first-order chi connectivity index (χ1) is 16.8. The van der Waals surface area contributed by atoms with Gasteiger partial charge in [0.15, 0.2) is 0 Å². The van der Waals surface area contributed by atoms with E-state index in [1.54, 1.807) is 0 Å². The topological polar surface area (TPSA) is 38.3 Å². The first-order valence-corrected chi connectivity index (χ1v) is 11.1. The molecule has 0 fully saturated rings. The van der Waals surface area contributed by atoms with Gasteiger partial charge in [-0.3, -0.25) is 4.79 Å². The Morgan fingerprint density at radius 1 is 0.743 bits per heavy atom. The summed E-state index contributed by atoms with van der Waals surface area (Å²) in [6, 6.07) is 32.2. The molecule has 0 bridgehead atoms. The van der Waals surface area contributed by atoms with Crippen molar-refractivity contribution in [1.29, 1.82) is 0 Å². The highest BCUT2D eigenvalue weighted by Gasteiger charge is 2.42. The van der Waals surface area contributed by atoms with Crippen molar-refractivity contribution in [3.8, 4) is 5.75 Å². The standard InChI is InChI=1S/C29H24F3NO2/c1-21-12-14-22(15-13-21)20-28(23-8-4-2-5-9-23,24-10-6-3-7-11-24)27(34)33-25-16-18-26(19-17-25)35-29(30,31)32/h2-19H,20H2,1H3,(H,33,34).